The second-order valence-electron chi connectivity index (χ2n) is 7.07. The third-order valence-corrected chi connectivity index (χ3v) is 5.05. The van der Waals surface area contributed by atoms with Gasteiger partial charge in [-0.25, -0.2) is 0 Å². The van der Waals surface area contributed by atoms with Crippen LogP contribution in [0.25, 0.3) is 0 Å². The molecular formula is C20H23N3O7. The van der Waals surface area contributed by atoms with Crippen LogP contribution in [-0.2, 0) is 14.4 Å². The average Bonchev–Trinajstić information content (AvgIpc) is 3.21. The van der Waals surface area contributed by atoms with Gasteiger partial charge >= 0.3 is 5.97 Å². The molecule has 1 aliphatic heterocycles. The number of ether oxygens (including phenoxy) is 1. The maximum absolute atomic E-state index is 12.7. The summed E-state index contributed by atoms with van der Waals surface area (Å²) in [7, 11) is 0. The SMILES string of the molecule is CC1=C(CCCC(=O)OCO/[N+]([O-])=N/N2CCCC2)C(=O)c2c(O)cccc2C1=O. The molecule has 0 atom stereocenters. The Labute approximate surface area is 172 Å². The second-order valence-corrected chi connectivity index (χ2v) is 7.07. The van der Waals surface area contributed by atoms with Crippen molar-refractivity contribution in [1.82, 2.24) is 5.01 Å². The first-order valence-electron chi connectivity index (χ1n) is 9.72. The van der Waals surface area contributed by atoms with Crippen molar-refractivity contribution in [1.29, 1.82) is 0 Å². The van der Waals surface area contributed by atoms with Crippen molar-refractivity contribution < 1.29 is 34.1 Å². The van der Waals surface area contributed by atoms with Crippen molar-refractivity contribution in [2.24, 2.45) is 5.22 Å². The monoisotopic (exact) mass is 417 g/mol. The van der Waals surface area contributed by atoms with Gasteiger partial charge in [-0.3, -0.25) is 14.4 Å². The minimum atomic E-state index is -0.611. The smallest absolute Gasteiger partial charge is 0.306 e. The zero-order valence-corrected chi connectivity index (χ0v) is 16.6. The number of ketones is 2. The van der Waals surface area contributed by atoms with Gasteiger partial charge in [0.1, 0.15) is 24.1 Å². The Morgan fingerprint density at radius 2 is 2.00 bits per heavy atom. The number of aromatic hydroxyl groups is 1. The number of esters is 1. The van der Waals surface area contributed by atoms with E-state index in [9.17, 15) is 24.7 Å². The number of fused-ring (bicyclic) bond motifs is 1. The summed E-state index contributed by atoms with van der Waals surface area (Å²) in [5.41, 5.74) is 0.754. The van der Waals surface area contributed by atoms with Crippen LogP contribution in [0.1, 0.15) is 59.7 Å². The number of carbonyl (C=O) groups is 3. The number of rotatable bonds is 8. The number of phenolic OH excluding ortho intramolecular Hbond substituents is 1. The molecule has 3 rings (SSSR count). The van der Waals surface area contributed by atoms with Gasteiger partial charge in [0.15, 0.2) is 18.4 Å². The first kappa shape index (κ1) is 21.3. The molecule has 0 spiro atoms. The highest BCUT2D eigenvalue weighted by atomic mass is 16.9. The fourth-order valence-electron chi connectivity index (χ4n) is 3.47. The molecule has 160 valence electrons. The van der Waals surface area contributed by atoms with Crippen molar-refractivity contribution >= 4 is 17.5 Å². The van der Waals surface area contributed by atoms with Gasteiger partial charge in [0, 0.05) is 23.1 Å². The van der Waals surface area contributed by atoms with E-state index in [4.69, 9.17) is 4.74 Å². The molecule has 0 radical (unpaired) electrons. The van der Waals surface area contributed by atoms with Gasteiger partial charge in [-0.15, -0.1) is 0 Å². The number of carbonyl (C=O) groups excluding carboxylic acids is 3. The number of phenols is 1. The predicted octanol–water partition coefficient (Wildman–Crippen LogP) is 2.66. The van der Waals surface area contributed by atoms with Crippen LogP contribution in [0.4, 0.5) is 0 Å². The maximum Gasteiger partial charge on any atom is 0.306 e. The third kappa shape index (κ3) is 4.76. The Morgan fingerprint density at radius 3 is 2.73 bits per heavy atom. The zero-order valence-electron chi connectivity index (χ0n) is 16.6. The van der Waals surface area contributed by atoms with E-state index in [1.54, 1.807) is 11.9 Å². The molecule has 10 nitrogen and oxygen atoms in total. The lowest BCUT2D eigenvalue weighted by molar-refractivity contribution is -0.805. The molecule has 1 saturated heterocycles. The second kappa shape index (κ2) is 9.38. The quantitative estimate of drug-likeness (QED) is 0.295. The van der Waals surface area contributed by atoms with Gasteiger partial charge in [0.05, 0.1) is 10.6 Å². The Morgan fingerprint density at radius 1 is 1.27 bits per heavy atom. The first-order valence-corrected chi connectivity index (χ1v) is 9.72. The normalized spacial score (nSPS) is 16.7. The largest absolute Gasteiger partial charge is 0.507 e. The summed E-state index contributed by atoms with van der Waals surface area (Å²) in [5.74, 6) is -1.58. The van der Waals surface area contributed by atoms with Gasteiger partial charge in [-0.05, 0) is 38.7 Å². The summed E-state index contributed by atoms with van der Waals surface area (Å²) in [4.78, 5) is 41.7. The number of allylic oxidation sites excluding steroid dienone is 2. The lowest BCUT2D eigenvalue weighted by atomic mass is 9.82. The molecular weight excluding hydrogens is 394 g/mol. The van der Waals surface area contributed by atoms with E-state index in [0.29, 0.717) is 18.7 Å². The molecule has 1 heterocycles. The molecule has 2 aliphatic rings. The number of benzene rings is 1. The highest BCUT2D eigenvalue weighted by Crippen LogP contribution is 2.33. The summed E-state index contributed by atoms with van der Waals surface area (Å²) >= 11 is 0. The average molecular weight is 417 g/mol. The molecule has 1 aliphatic carbocycles. The molecule has 0 unspecified atom stereocenters. The topological polar surface area (TPSA) is 132 Å². The van der Waals surface area contributed by atoms with Crippen LogP contribution in [-0.4, -0.2) is 52.6 Å². The Bertz CT molecular complexity index is 917. The van der Waals surface area contributed by atoms with Crippen LogP contribution in [0.2, 0.25) is 0 Å². The van der Waals surface area contributed by atoms with E-state index in [0.717, 1.165) is 12.8 Å². The van der Waals surface area contributed by atoms with Crippen LogP contribution in [0, 0.1) is 5.21 Å². The van der Waals surface area contributed by atoms with Gasteiger partial charge in [-0.2, -0.15) is 5.01 Å². The molecule has 0 amide bonds. The zero-order chi connectivity index (χ0) is 21.7. The summed E-state index contributed by atoms with van der Waals surface area (Å²) in [5, 5.41) is 26.6. The van der Waals surface area contributed by atoms with Crippen LogP contribution >= 0.6 is 0 Å². The van der Waals surface area contributed by atoms with E-state index in [1.807, 2.05) is 0 Å². The van der Waals surface area contributed by atoms with Crippen LogP contribution in [0.5, 0.6) is 5.75 Å². The Kier molecular flexibility index (Phi) is 6.65. The molecule has 1 aromatic rings. The lowest BCUT2D eigenvalue weighted by Crippen LogP contribution is -2.21. The Hall–Kier alpha value is -3.43. The fraction of sp³-hybridized carbons (Fsp3) is 0.450. The Balaban J connectivity index is 1.47. The number of Topliss-reactive ketones (excluding diaryl/α,β-unsaturated/α-hetero) is 2. The highest BCUT2D eigenvalue weighted by Gasteiger charge is 2.31. The maximum atomic E-state index is 12.7. The first-order chi connectivity index (χ1) is 14.4. The van der Waals surface area contributed by atoms with Crippen molar-refractivity contribution in [3.8, 4) is 5.75 Å². The van der Waals surface area contributed by atoms with Crippen molar-refractivity contribution in [2.45, 2.75) is 39.0 Å². The predicted molar refractivity (Wildman–Crippen MR) is 102 cm³/mol. The molecule has 10 heteroatoms. The fourth-order valence-corrected chi connectivity index (χ4v) is 3.47. The van der Waals surface area contributed by atoms with Crippen molar-refractivity contribution in [3.05, 3.63) is 45.7 Å². The standard InChI is InChI=1S/C20H23N3O7/c1-13-14(20(27)18-15(19(13)26)7-4-8-16(18)24)6-5-9-17(25)29-12-30-23(28)21-22-10-2-3-11-22/h4,7-8,24H,2-3,5-6,9-12H2,1H3/b23-21+. The minimum absolute atomic E-state index is 0.00336. The summed E-state index contributed by atoms with van der Waals surface area (Å²) < 4.78 is 4.83. The van der Waals surface area contributed by atoms with E-state index < -0.39 is 18.5 Å². The van der Waals surface area contributed by atoms with E-state index >= 15 is 0 Å². The number of hydrogen-bond acceptors (Lipinski definition) is 8. The molecule has 0 bridgehead atoms. The molecule has 0 aromatic heterocycles. The highest BCUT2D eigenvalue weighted by molar-refractivity contribution is 6.27. The van der Waals surface area contributed by atoms with Crippen molar-refractivity contribution in [3.63, 3.8) is 0 Å². The molecule has 0 saturated carbocycles. The van der Waals surface area contributed by atoms with Crippen molar-refractivity contribution in [2.75, 3.05) is 19.9 Å². The van der Waals surface area contributed by atoms with Crippen LogP contribution < -0.4 is 0 Å². The van der Waals surface area contributed by atoms with Gasteiger partial charge in [-0.1, -0.05) is 12.1 Å². The number of nitrogens with zero attached hydrogens (tertiary/aromatic N) is 3. The van der Waals surface area contributed by atoms with Gasteiger partial charge < -0.3 is 19.9 Å². The molecule has 30 heavy (non-hydrogen) atoms. The summed E-state index contributed by atoms with van der Waals surface area (Å²) in [6.07, 6.45) is 2.32. The number of hydrogen-bond donors (Lipinski definition) is 1. The van der Waals surface area contributed by atoms with E-state index in [1.165, 1.54) is 18.2 Å². The van der Waals surface area contributed by atoms with Gasteiger partial charge in [0.25, 0.3) is 0 Å². The summed E-state index contributed by atoms with van der Waals surface area (Å²) in [6, 6.07) is 4.37. The summed E-state index contributed by atoms with van der Waals surface area (Å²) in [6.45, 7) is 2.35. The van der Waals surface area contributed by atoms with Crippen LogP contribution in [0.3, 0.4) is 0 Å². The van der Waals surface area contributed by atoms with E-state index in [-0.39, 0.29) is 52.5 Å². The molecule has 1 fully saturated rings. The molecule has 1 aromatic carbocycles. The van der Waals surface area contributed by atoms with Gasteiger partial charge in [0.2, 0.25) is 0 Å². The minimum Gasteiger partial charge on any atom is -0.507 e. The van der Waals surface area contributed by atoms with E-state index in [2.05, 4.69) is 10.1 Å². The third-order valence-electron chi connectivity index (χ3n) is 5.05. The molecule has 1 N–H and O–H groups in total. The lowest BCUT2D eigenvalue weighted by Gasteiger charge is -2.19. The van der Waals surface area contributed by atoms with Crippen LogP contribution in [0.15, 0.2) is 34.6 Å².